The van der Waals surface area contributed by atoms with Crippen molar-refractivity contribution in [2.75, 3.05) is 13.7 Å². The summed E-state index contributed by atoms with van der Waals surface area (Å²) >= 11 is 0. The van der Waals surface area contributed by atoms with E-state index < -0.39 is 0 Å². The van der Waals surface area contributed by atoms with E-state index in [0.717, 1.165) is 12.8 Å². The second kappa shape index (κ2) is 7.74. The summed E-state index contributed by atoms with van der Waals surface area (Å²) in [6.07, 6.45) is 3.62. The maximum Gasteiger partial charge on any atom is 0.256 e. The third kappa shape index (κ3) is 4.21. The van der Waals surface area contributed by atoms with Crippen LogP contribution in [0.25, 0.3) is 0 Å². The largest absolute Gasteiger partial charge is 0.480 e. The second-order valence-electron chi connectivity index (χ2n) is 4.51. The van der Waals surface area contributed by atoms with Crippen LogP contribution in [0.4, 0.5) is 0 Å². The lowest BCUT2D eigenvalue weighted by Gasteiger charge is -2.21. The number of amides is 1. The zero-order valence-corrected chi connectivity index (χ0v) is 11.8. The van der Waals surface area contributed by atoms with Crippen LogP contribution >= 0.6 is 0 Å². The van der Waals surface area contributed by atoms with Crippen LogP contribution in [0.1, 0.15) is 37.0 Å². The standard InChI is InChI=1S/C14H23N3O2/c1-4-10(5-2)12(15)9-17-13(18)11-7-6-8-16-14(11)19-3/h6-8,10,12H,4-5,9,15H2,1-3H3,(H,17,18). The van der Waals surface area contributed by atoms with E-state index in [1.807, 2.05) is 0 Å². The molecule has 1 aromatic rings. The van der Waals surface area contributed by atoms with Crippen molar-refractivity contribution in [3.8, 4) is 5.88 Å². The molecule has 1 amide bonds. The normalized spacial score (nSPS) is 12.3. The fourth-order valence-electron chi connectivity index (χ4n) is 2.09. The van der Waals surface area contributed by atoms with Crippen molar-refractivity contribution in [3.05, 3.63) is 23.9 Å². The first-order valence-electron chi connectivity index (χ1n) is 6.66. The topological polar surface area (TPSA) is 77.2 Å². The van der Waals surface area contributed by atoms with E-state index in [0.29, 0.717) is 23.9 Å². The van der Waals surface area contributed by atoms with Gasteiger partial charge in [-0.2, -0.15) is 0 Å². The van der Waals surface area contributed by atoms with Gasteiger partial charge in [0, 0.05) is 18.8 Å². The van der Waals surface area contributed by atoms with Gasteiger partial charge < -0.3 is 15.8 Å². The van der Waals surface area contributed by atoms with Crippen LogP contribution in [-0.4, -0.2) is 30.6 Å². The van der Waals surface area contributed by atoms with Crippen LogP contribution in [-0.2, 0) is 0 Å². The van der Waals surface area contributed by atoms with Crippen molar-refractivity contribution in [2.24, 2.45) is 11.7 Å². The zero-order valence-electron chi connectivity index (χ0n) is 11.8. The summed E-state index contributed by atoms with van der Waals surface area (Å²) in [6.45, 7) is 4.68. The van der Waals surface area contributed by atoms with E-state index in [2.05, 4.69) is 24.1 Å². The van der Waals surface area contributed by atoms with E-state index in [4.69, 9.17) is 10.5 Å². The third-order valence-corrected chi connectivity index (χ3v) is 3.36. The van der Waals surface area contributed by atoms with Gasteiger partial charge in [0.2, 0.25) is 5.88 Å². The molecule has 5 heteroatoms. The van der Waals surface area contributed by atoms with Gasteiger partial charge in [0.1, 0.15) is 5.56 Å². The molecule has 19 heavy (non-hydrogen) atoms. The Hall–Kier alpha value is -1.62. The van der Waals surface area contributed by atoms with Crippen molar-refractivity contribution in [3.63, 3.8) is 0 Å². The van der Waals surface area contributed by atoms with Crippen molar-refractivity contribution >= 4 is 5.91 Å². The fourth-order valence-corrected chi connectivity index (χ4v) is 2.09. The molecule has 0 aliphatic heterocycles. The van der Waals surface area contributed by atoms with E-state index in [1.165, 1.54) is 7.11 Å². The van der Waals surface area contributed by atoms with Crippen LogP contribution < -0.4 is 15.8 Å². The summed E-state index contributed by atoms with van der Waals surface area (Å²) in [7, 11) is 1.50. The Labute approximate surface area is 114 Å². The highest BCUT2D eigenvalue weighted by Crippen LogP contribution is 2.14. The number of carbonyl (C=O) groups is 1. The average molecular weight is 265 g/mol. The average Bonchev–Trinajstić information content (AvgIpc) is 2.45. The maximum absolute atomic E-state index is 12.0. The van der Waals surface area contributed by atoms with Gasteiger partial charge in [-0.05, 0) is 18.1 Å². The van der Waals surface area contributed by atoms with Crippen molar-refractivity contribution in [2.45, 2.75) is 32.7 Å². The molecule has 0 aliphatic rings. The summed E-state index contributed by atoms with van der Waals surface area (Å²) in [5.41, 5.74) is 6.51. The highest BCUT2D eigenvalue weighted by Gasteiger charge is 2.17. The van der Waals surface area contributed by atoms with E-state index >= 15 is 0 Å². The highest BCUT2D eigenvalue weighted by atomic mass is 16.5. The number of aromatic nitrogens is 1. The molecule has 0 radical (unpaired) electrons. The van der Waals surface area contributed by atoms with Gasteiger partial charge in [-0.1, -0.05) is 26.7 Å². The fraction of sp³-hybridized carbons (Fsp3) is 0.571. The van der Waals surface area contributed by atoms with Gasteiger partial charge in [-0.3, -0.25) is 4.79 Å². The van der Waals surface area contributed by atoms with Crippen LogP contribution in [0.15, 0.2) is 18.3 Å². The summed E-state index contributed by atoms with van der Waals surface area (Å²) in [4.78, 5) is 16.0. The molecular formula is C14H23N3O2. The lowest BCUT2D eigenvalue weighted by atomic mass is 9.95. The maximum atomic E-state index is 12.0. The predicted octanol–water partition coefficient (Wildman–Crippen LogP) is 1.58. The number of nitrogens with zero attached hydrogens (tertiary/aromatic N) is 1. The van der Waals surface area contributed by atoms with Gasteiger partial charge in [-0.15, -0.1) is 0 Å². The van der Waals surface area contributed by atoms with Crippen LogP contribution in [0.3, 0.4) is 0 Å². The summed E-state index contributed by atoms with van der Waals surface area (Å²) in [6, 6.07) is 3.36. The molecule has 0 saturated carbocycles. The summed E-state index contributed by atoms with van der Waals surface area (Å²) in [5.74, 6) is 0.554. The number of rotatable bonds is 7. The Morgan fingerprint density at radius 2 is 2.16 bits per heavy atom. The van der Waals surface area contributed by atoms with E-state index in [9.17, 15) is 4.79 Å². The van der Waals surface area contributed by atoms with Gasteiger partial charge in [0.25, 0.3) is 5.91 Å². The Balaban J connectivity index is 2.60. The molecule has 0 fully saturated rings. The summed E-state index contributed by atoms with van der Waals surface area (Å²) < 4.78 is 5.06. The van der Waals surface area contributed by atoms with Gasteiger partial charge >= 0.3 is 0 Å². The third-order valence-electron chi connectivity index (χ3n) is 3.36. The minimum atomic E-state index is -0.202. The van der Waals surface area contributed by atoms with Crippen molar-refractivity contribution in [1.29, 1.82) is 0 Å². The molecule has 0 aliphatic carbocycles. The first kappa shape index (κ1) is 15.4. The number of nitrogens with two attached hydrogens (primary N) is 1. The molecule has 0 bridgehead atoms. The van der Waals surface area contributed by atoms with Gasteiger partial charge in [-0.25, -0.2) is 4.98 Å². The molecule has 5 nitrogen and oxygen atoms in total. The Bertz CT molecular complexity index is 405. The molecule has 0 saturated heterocycles. The predicted molar refractivity (Wildman–Crippen MR) is 75.2 cm³/mol. The number of nitrogens with one attached hydrogen (secondary N) is 1. The van der Waals surface area contributed by atoms with Crippen molar-refractivity contribution in [1.82, 2.24) is 10.3 Å². The molecule has 1 atom stereocenters. The number of ether oxygens (including phenoxy) is 1. The molecule has 1 heterocycles. The smallest absolute Gasteiger partial charge is 0.256 e. The second-order valence-corrected chi connectivity index (χ2v) is 4.51. The Morgan fingerprint density at radius 3 is 2.74 bits per heavy atom. The molecular weight excluding hydrogens is 242 g/mol. The van der Waals surface area contributed by atoms with Crippen LogP contribution in [0, 0.1) is 5.92 Å². The van der Waals surface area contributed by atoms with Crippen LogP contribution in [0.2, 0.25) is 0 Å². The lowest BCUT2D eigenvalue weighted by Crippen LogP contribution is -2.41. The molecule has 1 unspecified atom stereocenters. The lowest BCUT2D eigenvalue weighted by molar-refractivity contribution is 0.0944. The van der Waals surface area contributed by atoms with E-state index in [1.54, 1.807) is 18.3 Å². The highest BCUT2D eigenvalue weighted by molar-refractivity contribution is 5.96. The summed E-state index contributed by atoms with van der Waals surface area (Å²) in [5, 5.41) is 2.84. The minimum Gasteiger partial charge on any atom is -0.480 e. The minimum absolute atomic E-state index is 0.0263. The van der Waals surface area contributed by atoms with Crippen molar-refractivity contribution < 1.29 is 9.53 Å². The number of methoxy groups -OCH3 is 1. The number of hydrogen-bond donors (Lipinski definition) is 2. The van der Waals surface area contributed by atoms with Crippen LogP contribution in [0.5, 0.6) is 5.88 Å². The number of carbonyl (C=O) groups excluding carboxylic acids is 1. The van der Waals surface area contributed by atoms with Gasteiger partial charge in [0.15, 0.2) is 0 Å². The number of hydrogen-bond acceptors (Lipinski definition) is 4. The molecule has 0 aromatic carbocycles. The molecule has 0 spiro atoms. The molecule has 3 N–H and O–H groups in total. The quantitative estimate of drug-likeness (QED) is 0.784. The zero-order chi connectivity index (χ0) is 14.3. The monoisotopic (exact) mass is 265 g/mol. The Morgan fingerprint density at radius 1 is 1.47 bits per heavy atom. The number of pyridine rings is 1. The van der Waals surface area contributed by atoms with Gasteiger partial charge in [0.05, 0.1) is 7.11 Å². The molecule has 106 valence electrons. The van der Waals surface area contributed by atoms with E-state index in [-0.39, 0.29) is 11.9 Å². The Kier molecular flexibility index (Phi) is 6.29. The molecule has 1 aromatic heterocycles. The first-order chi connectivity index (χ1) is 9.13. The molecule has 1 rings (SSSR count). The first-order valence-corrected chi connectivity index (χ1v) is 6.66. The SMILES string of the molecule is CCC(CC)C(N)CNC(=O)c1cccnc1OC.